The number of aromatic nitrogens is 2. The first-order chi connectivity index (χ1) is 24.0. The SMILES string of the molecule is CC(C)(C)c1ccnc(-c2ccc(CCc3cc(CCc4ccc(-c5cc(C(C)(C)C)ccn5)cc4)cc(B4OC(C)(C)C(C)(C)O4)c3)cc2)c1. The van der Waals surface area contributed by atoms with Crippen LogP contribution < -0.4 is 5.46 Å². The van der Waals surface area contributed by atoms with Crippen molar-refractivity contribution >= 4 is 12.6 Å². The van der Waals surface area contributed by atoms with Gasteiger partial charge in [-0.1, -0.05) is 108 Å². The van der Waals surface area contributed by atoms with Crippen LogP contribution in [0.4, 0.5) is 0 Å². The molecule has 5 aromatic rings. The Morgan fingerprint density at radius 3 is 1.24 bits per heavy atom. The van der Waals surface area contributed by atoms with Gasteiger partial charge in [0, 0.05) is 23.5 Å². The van der Waals surface area contributed by atoms with E-state index in [0.717, 1.165) is 53.7 Å². The molecule has 3 heterocycles. The van der Waals surface area contributed by atoms with Gasteiger partial charge in [-0.2, -0.15) is 0 Å². The fourth-order valence-corrected chi connectivity index (χ4v) is 6.57. The van der Waals surface area contributed by atoms with Gasteiger partial charge in [0.05, 0.1) is 22.6 Å². The highest BCUT2D eigenvalue weighted by atomic mass is 16.7. The highest BCUT2D eigenvalue weighted by Gasteiger charge is 2.51. The highest BCUT2D eigenvalue weighted by Crippen LogP contribution is 2.37. The second kappa shape index (κ2) is 14.2. The lowest BCUT2D eigenvalue weighted by Gasteiger charge is -2.32. The number of pyridine rings is 2. The summed E-state index contributed by atoms with van der Waals surface area (Å²) in [5.41, 5.74) is 12.7. The second-order valence-electron chi connectivity index (χ2n) is 17.4. The second-order valence-corrected chi connectivity index (χ2v) is 17.4. The van der Waals surface area contributed by atoms with Crippen molar-refractivity contribution in [2.24, 2.45) is 0 Å². The van der Waals surface area contributed by atoms with E-state index in [0.29, 0.717) is 0 Å². The third-order valence-electron chi connectivity index (χ3n) is 10.8. The maximum Gasteiger partial charge on any atom is 0.494 e. The molecule has 2 aromatic heterocycles. The number of hydrogen-bond acceptors (Lipinski definition) is 4. The third-order valence-corrected chi connectivity index (χ3v) is 10.8. The van der Waals surface area contributed by atoms with Crippen molar-refractivity contribution in [3.63, 3.8) is 0 Å². The summed E-state index contributed by atoms with van der Waals surface area (Å²) in [6.07, 6.45) is 7.63. The first-order valence-corrected chi connectivity index (χ1v) is 18.6. The van der Waals surface area contributed by atoms with Gasteiger partial charge in [-0.05, 0) is 127 Å². The Labute approximate surface area is 307 Å². The van der Waals surface area contributed by atoms with Crippen molar-refractivity contribution in [2.75, 3.05) is 0 Å². The molecule has 4 nitrogen and oxygen atoms in total. The Bertz CT molecular complexity index is 1830. The normalized spacial score (nSPS) is 15.7. The zero-order valence-corrected chi connectivity index (χ0v) is 32.4. The van der Waals surface area contributed by atoms with Crippen molar-refractivity contribution in [3.05, 3.63) is 137 Å². The van der Waals surface area contributed by atoms with E-state index in [-0.39, 0.29) is 29.2 Å². The number of aryl methyl sites for hydroxylation is 4. The molecule has 0 N–H and O–H groups in total. The number of hydrogen-bond donors (Lipinski definition) is 0. The van der Waals surface area contributed by atoms with Gasteiger partial charge in [0.25, 0.3) is 0 Å². The van der Waals surface area contributed by atoms with Crippen LogP contribution in [-0.2, 0) is 45.8 Å². The Kier molecular flexibility index (Phi) is 10.2. The molecule has 5 heteroatoms. The number of rotatable bonds is 9. The van der Waals surface area contributed by atoms with Gasteiger partial charge in [0.15, 0.2) is 0 Å². The van der Waals surface area contributed by atoms with Gasteiger partial charge in [0.2, 0.25) is 0 Å². The van der Waals surface area contributed by atoms with Crippen molar-refractivity contribution < 1.29 is 9.31 Å². The molecule has 0 saturated carbocycles. The Balaban J connectivity index is 1.18. The molecule has 0 amide bonds. The predicted molar refractivity (Wildman–Crippen MR) is 214 cm³/mol. The van der Waals surface area contributed by atoms with Crippen LogP contribution >= 0.6 is 0 Å². The number of nitrogens with zero attached hydrogens (tertiary/aromatic N) is 2. The van der Waals surface area contributed by atoms with E-state index in [4.69, 9.17) is 9.31 Å². The predicted octanol–water partition coefficient (Wildman–Crippen LogP) is 10.3. The maximum atomic E-state index is 6.52. The smallest absolute Gasteiger partial charge is 0.399 e. The molecular formula is C46H55BN2O2. The van der Waals surface area contributed by atoms with Gasteiger partial charge in [-0.25, -0.2) is 0 Å². The average Bonchev–Trinajstić information content (AvgIpc) is 3.32. The lowest BCUT2D eigenvalue weighted by molar-refractivity contribution is 0.00578. The monoisotopic (exact) mass is 678 g/mol. The summed E-state index contributed by atoms with van der Waals surface area (Å²) >= 11 is 0. The van der Waals surface area contributed by atoms with Crippen molar-refractivity contribution in [1.82, 2.24) is 9.97 Å². The fourth-order valence-electron chi connectivity index (χ4n) is 6.57. The quantitative estimate of drug-likeness (QED) is 0.146. The maximum absolute atomic E-state index is 6.52. The summed E-state index contributed by atoms with van der Waals surface area (Å²) < 4.78 is 13.0. The first-order valence-electron chi connectivity index (χ1n) is 18.6. The zero-order chi connectivity index (χ0) is 36.6. The summed E-state index contributed by atoms with van der Waals surface area (Å²) in [6.45, 7) is 21.9. The zero-order valence-electron chi connectivity index (χ0n) is 32.4. The largest absolute Gasteiger partial charge is 0.494 e. The summed E-state index contributed by atoms with van der Waals surface area (Å²) in [4.78, 5) is 9.33. The summed E-state index contributed by atoms with van der Waals surface area (Å²) in [5.74, 6) is 0. The molecule has 0 bridgehead atoms. The van der Waals surface area contributed by atoms with Gasteiger partial charge >= 0.3 is 7.12 Å². The van der Waals surface area contributed by atoms with Gasteiger partial charge in [-0.3, -0.25) is 9.97 Å². The lowest BCUT2D eigenvalue weighted by Crippen LogP contribution is -2.41. The molecule has 0 aliphatic carbocycles. The molecule has 6 rings (SSSR count). The topological polar surface area (TPSA) is 44.2 Å². The van der Waals surface area contributed by atoms with E-state index in [9.17, 15) is 0 Å². The minimum absolute atomic E-state index is 0.0899. The number of benzene rings is 3. The fraction of sp³-hybridized carbons (Fsp3) is 0.391. The summed E-state index contributed by atoms with van der Waals surface area (Å²) in [6, 6.07) is 33.4. The minimum atomic E-state index is -0.389. The van der Waals surface area contributed by atoms with Crippen LogP contribution in [0.2, 0.25) is 0 Å². The highest BCUT2D eigenvalue weighted by molar-refractivity contribution is 6.62. The van der Waals surface area contributed by atoms with E-state index in [1.54, 1.807) is 0 Å². The van der Waals surface area contributed by atoms with E-state index >= 15 is 0 Å². The van der Waals surface area contributed by atoms with Crippen LogP contribution in [0.15, 0.2) is 103 Å². The Hall–Kier alpha value is -4.06. The molecule has 1 aliphatic heterocycles. The molecule has 0 spiro atoms. The van der Waals surface area contributed by atoms with Gasteiger partial charge < -0.3 is 9.31 Å². The minimum Gasteiger partial charge on any atom is -0.399 e. The molecule has 1 aliphatic rings. The summed E-state index contributed by atoms with van der Waals surface area (Å²) in [7, 11) is -0.389. The Morgan fingerprint density at radius 2 is 0.863 bits per heavy atom. The lowest BCUT2D eigenvalue weighted by atomic mass is 9.76. The van der Waals surface area contributed by atoms with E-state index in [2.05, 4.69) is 170 Å². The van der Waals surface area contributed by atoms with Crippen molar-refractivity contribution in [1.29, 1.82) is 0 Å². The molecule has 1 fully saturated rings. The van der Waals surface area contributed by atoms with E-state index in [1.165, 1.54) is 33.4 Å². The molecule has 51 heavy (non-hydrogen) atoms. The van der Waals surface area contributed by atoms with Gasteiger partial charge in [0.1, 0.15) is 0 Å². The van der Waals surface area contributed by atoms with Crippen LogP contribution in [0, 0.1) is 0 Å². The van der Waals surface area contributed by atoms with Crippen molar-refractivity contribution in [2.45, 2.75) is 117 Å². The molecular weight excluding hydrogens is 623 g/mol. The van der Waals surface area contributed by atoms with Crippen LogP contribution in [0.5, 0.6) is 0 Å². The Morgan fingerprint density at radius 1 is 0.490 bits per heavy atom. The average molecular weight is 679 g/mol. The molecule has 264 valence electrons. The molecule has 0 radical (unpaired) electrons. The molecule has 0 atom stereocenters. The third kappa shape index (κ3) is 8.71. The van der Waals surface area contributed by atoms with Crippen LogP contribution in [0.3, 0.4) is 0 Å². The van der Waals surface area contributed by atoms with Crippen LogP contribution in [-0.4, -0.2) is 28.3 Å². The van der Waals surface area contributed by atoms with Crippen LogP contribution in [0.1, 0.15) is 103 Å². The first kappa shape index (κ1) is 36.7. The van der Waals surface area contributed by atoms with Crippen LogP contribution in [0.25, 0.3) is 22.5 Å². The molecule has 3 aromatic carbocycles. The molecule has 1 saturated heterocycles. The molecule has 0 unspecified atom stereocenters. The standard InChI is InChI=1S/C46H55BN2O2/c1-43(2,3)38-23-25-48-41(30-38)36-19-15-32(16-20-36)11-13-34-27-35(29-40(28-34)47-50-45(7,8)46(9,10)51-47)14-12-33-17-21-37(22-18-33)42-31-39(24-26-49-42)44(4,5)6/h15-31H,11-14H2,1-10H3. The summed E-state index contributed by atoms with van der Waals surface area (Å²) in [5, 5.41) is 0. The van der Waals surface area contributed by atoms with E-state index < -0.39 is 0 Å². The van der Waals surface area contributed by atoms with E-state index in [1.807, 2.05) is 12.4 Å². The van der Waals surface area contributed by atoms with Crippen molar-refractivity contribution in [3.8, 4) is 22.5 Å². The van der Waals surface area contributed by atoms with Gasteiger partial charge in [-0.15, -0.1) is 0 Å².